The fraction of sp³-hybridized carbons (Fsp3) is 0.522. The average molecular weight is 428 g/mol. The highest BCUT2D eigenvalue weighted by Gasteiger charge is 2.08. The Morgan fingerprint density at radius 2 is 2.06 bits per heavy atom. The van der Waals surface area contributed by atoms with Crippen LogP contribution in [0, 0.1) is 0 Å². The lowest BCUT2D eigenvalue weighted by Gasteiger charge is -2.21. The van der Waals surface area contributed by atoms with Crippen molar-refractivity contribution in [2.75, 3.05) is 32.0 Å². The maximum absolute atomic E-state index is 12.2. The van der Waals surface area contributed by atoms with E-state index >= 15 is 0 Å². The molecule has 2 rings (SSSR count). The Labute approximate surface area is 186 Å². The van der Waals surface area contributed by atoms with E-state index in [0.29, 0.717) is 12.6 Å². The Kier molecular flexibility index (Phi) is 10.6. The Bertz CT molecular complexity index is 800. The predicted octanol–water partition coefficient (Wildman–Crippen LogP) is 2.70. The molecule has 0 fully saturated rings. The largest absolute Gasteiger partial charge is 0.354 e. The standard InChI is InChI=1S/C23H37N7O/c1-5-29(6-2)14-8-10-19(3)27-23(24-4)25-17-20-11-7-12-21(16-20)28-22(31)18-30-15-9-13-26-30/h7,9,11-13,15-16,19H,5-6,8,10,14,17-18H2,1-4H3,(H,28,31)(H2,24,25,27). The zero-order valence-electron chi connectivity index (χ0n) is 19.3. The summed E-state index contributed by atoms with van der Waals surface area (Å²) in [7, 11) is 1.78. The summed E-state index contributed by atoms with van der Waals surface area (Å²) in [5.74, 6) is 0.674. The van der Waals surface area contributed by atoms with Crippen molar-refractivity contribution < 1.29 is 4.79 Å². The van der Waals surface area contributed by atoms with Crippen LogP contribution < -0.4 is 16.0 Å². The number of carbonyl (C=O) groups is 1. The van der Waals surface area contributed by atoms with Gasteiger partial charge in [0.05, 0.1) is 0 Å². The van der Waals surface area contributed by atoms with Crippen LogP contribution in [-0.4, -0.2) is 59.3 Å². The number of hydrogen-bond donors (Lipinski definition) is 3. The summed E-state index contributed by atoms with van der Waals surface area (Å²) in [6.07, 6.45) is 5.68. The molecule has 1 heterocycles. The summed E-state index contributed by atoms with van der Waals surface area (Å²) in [6, 6.07) is 9.95. The third-order valence-corrected chi connectivity index (χ3v) is 5.15. The molecule has 0 bridgehead atoms. The number of guanidine groups is 1. The van der Waals surface area contributed by atoms with Crippen LogP contribution in [0.2, 0.25) is 0 Å². The van der Waals surface area contributed by atoms with Crippen LogP contribution in [0.1, 0.15) is 39.2 Å². The second-order valence-electron chi connectivity index (χ2n) is 7.59. The first-order valence-corrected chi connectivity index (χ1v) is 11.1. The molecule has 1 aromatic carbocycles. The summed E-state index contributed by atoms with van der Waals surface area (Å²) < 4.78 is 1.60. The van der Waals surface area contributed by atoms with Gasteiger partial charge < -0.3 is 20.9 Å². The number of carbonyl (C=O) groups excluding carboxylic acids is 1. The van der Waals surface area contributed by atoms with Gasteiger partial charge in [0.15, 0.2) is 5.96 Å². The fourth-order valence-corrected chi connectivity index (χ4v) is 3.35. The third-order valence-electron chi connectivity index (χ3n) is 5.15. The zero-order chi connectivity index (χ0) is 22.5. The molecular formula is C23H37N7O. The van der Waals surface area contributed by atoms with Crippen molar-refractivity contribution in [3.8, 4) is 0 Å². The van der Waals surface area contributed by atoms with E-state index in [2.05, 4.69) is 51.7 Å². The molecule has 0 saturated heterocycles. The van der Waals surface area contributed by atoms with Crippen molar-refractivity contribution >= 4 is 17.6 Å². The maximum atomic E-state index is 12.2. The molecule has 2 aromatic rings. The summed E-state index contributed by atoms with van der Waals surface area (Å²) in [5, 5.41) is 13.8. The fourth-order valence-electron chi connectivity index (χ4n) is 3.35. The number of aromatic nitrogens is 2. The van der Waals surface area contributed by atoms with Crippen molar-refractivity contribution in [3.05, 3.63) is 48.3 Å². The number of benzene rings is 1. The van der Waals surface area contributed by atoms with Gasteiger partial charge in [-0.3, -0.25) is 14.5 Å². The van der Waals surface area contributed by atoms with Crippen molar-refractivity contribution in [1.29, 1.82) is 0 Å². The first-order chi connectivity index (χ1) is 15.0. The molecule has 0 saturated carbocycles. The molecule has 1 unspecified atom stereocenters. The van der Waals surface area contributed by atoms with Gasteiger partial charge in [-0.15, -0.1) is 0 Å². The van der Waals surface area contributed by atoms with E-state index in [-0.39, 0.29) is 12.5 Å². The van der Waals surface area contributed by atoms with Gasteiger partial charge >= 0.3 is 0 Å². The second kappa shape index (κ2) is 13.4. The van der Waals surface area contributed by atoms with Crippen LogP contribution >= 0.6 is 0 Å². The molecule has 0 aliphatic heterocycles. The van der Waals surface area contributed by atoms with Gasteiger partial charge in [0.1, 0.15) is 6.54 Å². The monoisotopic (exact) mass is 427 g/mol. The highest BCUT2D eigenvalue weighted by Crippen LogP contribution is 2.11. The number of aliphatic imine (C=N–C) groups is 1. The number of nitrogens with zero attached hydrogens (tertiary/aromatic N) is 4. The lowest BCUT2D eigenvalue weighted by atomic mass is 10.1. The molecule has 1 atom stereocenters. The van der Waals surface area contributed by atoms with Gasteiger partial charge in [0, 0.05) is 37.7 Å². The van der Waals surface area contributed by atoms with Crippen molar-refractivity contribution in [2.45, 2.75) is 52.7 Å². The van der Waals surface area contributed by atoms with E-state index in [1.807, 2.05) is 24.3 Å². The van der Waals surface area contributed by atoms with Crippen LogP contribution in [0.3, 0.4) is 0 Å². The molecule has 0 radical (unpaired) electrons. The third kappa shape index (κ3) is 9.21. The Morgan fingerprint density at radius 3 is 2.74 bits per heavy atom. The van der Waals surface area contributed by atoms with E-state index < -0.39 is 0 Å². The minimum atomic E-state index is -0.107. The zero-order valence-corrected chi connectivity index (χ0v) is 19.3. The van der Waals surface area contributed by atoms with Crippen LogP contribution in [0.25, 0.3) is 0 Å². The number of rotatable bonds is 12. The van der Waals surface area contributed by atoms with Gasteiger partial charge in [0.25, 0.3) is 0 Å². The van der Waals surface area contributed by atoms with Crippen LogP contribution in [-0.2, 0) is 17.9 Å². The molecule has 31 heavy (non-hydrogen) atoms. The summed E-state index contributed by atoms with van der Waals surface area (Å²) in [6.45, 7) is 10.7. The molecule has 0 spiro atoms. The maximum Gasteiger partial charge on any atom is 0.246 e. The predicted molar refractivity (Wildman–Crippen MR) is 127 cm³/mol. The van der Waals surface area contributed by atoms with Gasteiger partial charge in [-0.05, 0) is 63.2 Å². The molecule has 0 aliphatic carbocycles. The summed E-state index contributed by atoms with van der Waals surface area (Å²) >= 11 is 0. The van der Waals surface area contributed by atoms with Crippen molar-refractivity contribution in [1.82, 2.24) is 25.3 Å². The van der Waals surface area contributed by atoms with Gasteiger partial charge in [-0.25, -0.2) is 0 Å². The number of nitrogens with one attached hydrogen (secondary N) is 3. The molecule has 8 heteroatoms. The van der Waals surface area contributed by atoms with Crippen molar-refractivity contribution in [3.63, 3.8) is 0 Å². The van der Waals surface area contributed by atoms with Gasteiger partial charge in [0.2, 0.25) is 5.91 Å². The van der Waals surface area contributed by atoms with Crippen LogP contribution in [0.15, 0.2) is 47.7 Å². The highest BCUT2D eigenvalue weighted by molar-refractivity contribution is 5.90. The normalized spacial score (nSPS) is 12.6. The lowest BCUT2D eigenvalue weighted by Crippen LogP contribution is -2.42. The number of amides is 1. The SMILES string of the molecule is CCN(CC)CCCC(C)NC(=NC)NCc1cccc(NC(=O)Cn2cccn2)c1. The van der Waals surface area contributed by atoms with Crippen LogP contribution in [0.5, 0.6) is 0 Å². The molecule has 170 valence electrons. The van der Waals surface area contributed by atoms with E-state index in [9.17, 15) is 4.79 Å². The summed E-state index contributed by atoms with van der Waals surface area (Å²) in [5.41, 5.74) is 1.83. The molecule has 0 aliphatic rings. The van der Waals surface area contributed by atoms with E-state index in [4.69, 9.17) is 0 Å². The Hall–Kier alpha value is -2.87. The second-order valence-corrected chi connectivity index (χ2v) is 7.59. The Morgan fingerprint density at radius 1 is 1.26 bits per heavy atom. The summed E-state index contributed by atoms with van der Waals surface area (Å²) in [4.78, 5) is 19.0. The quantitative estimate of drug-likeness (QED) is 0.358. The highest BCUT2D eigenvalue weighted by atomic mass is 16.2. The van der Waals surface area contributed by atoms with Crippen LogP contribution in [0.4, 0.5) is 5.69 Å². The van der Waals surface area contributed by atoms with E-state index in [0.717, 1.165) is 49.7 Å². The molecule has 1 amide bonds. The van der Waals surface area contributed by atoms with E-state index in [1.165, 1.54) is 0 Å². The molecule has 8 nitrogen and oxygen atoms in total. The average Bonchev–Trinajstić information content (AvgIpc) is 3.27. The molecule has 1 aromatic heterocycles. The first kappa shape index (κ1) is 24.4. The van der Waals surface area contributed by atoms with Gasteiger partial charge in [-0.1, -0.05) is 26.0 Å². The first-order valence-electron chi connectivity index (χ1n) is 11.1. The van der Waals surface area contributed by atoms with Crippen molar-refractivity contribution in [2.24, 2.45) is 4.99 Å². The number of anilines is 1. The lowest BCUT2D eigenvalue weighted by molar-refractivity contribution is -0.116. The topological polar surface area (TPSA) is 86.6 Å². The molecule has 3 N–H and O–H groups in total. The number of hydrogen-bond acceptors (Lipinski definition) is 4. The minimum absolute atomic E-state index is 0.107. The molecular weight excluding hydrogens is 390 g/mol. The van der Waals surface area contributed by atoms with E-state index in [1.54, 1.807) is 30.2 Å². The smallest absolute Gasteiger partial charge is 0.246 e. The Balaban J connectivity index is 1.77. The minimum Gasteiger partial charge on any atom is -0.354 e. The van der Waals surface area contributed by atoms with Gasteiger partial charge in [-0.2, -0.15) is 5.10 Å².